The van der Waals surface area contributed by atoms with Crippen LogP contribution < -0.4 is 0 Å². The summed E-state index contributed by atoms with van der Waals surface area (Å²) >= 11 is 0. The minimum absolute atomic E-state index is 0.970. The van der Waals surface area contributed by atoms with E-state index in [1.54, 1.807) is 5.57 Å². The van der Waals surface area contributed by atoms with E-state index in [1.807, 2.05) is 0 Å². The molecule has 2 aromatic rings. The molecule has 2 aromatic carbocycles. The van der Waals surface area contributed by atoms with Crippen molar-refractivity contribution in [1.82, 2.24) is 0 Å². The number of aryl methyl sites for hydroxylation is 1. The van der Waals surface area contributed by atoms with Crippen molar-refractivity contribution in [2.75, 3.05) is 0 Å². The van der Waals surface area contributed by atoms with Crippen LogP contribution in [-0.4, -0.2) is 5.71 Å². The van der Waals surface area contributed by atoms with Crippen LogP contribution >= 0.6 is 0 Å². The third-order valence-electron chi connectivity index (χ3n) is 6.85. The van der Waals surface area contributed by atoms with Gasteiger partial charge in [0, 0.05) is 11.4 Å². The quantitative estimate of drug-likeness (QED) is 0.144. The molecule has 182 valence electrons. The number of fused-ring (bicyclic) bond motifs is 1. The summed E-state index contributed by atoms with van der Waals surface area (Å²) in [5.41, 5.74) is 12.0. The van der Waals surface area contributed by atoms with E-state index in [0.717, 1.165) is 49.9 Å². The first-order valence-electron chi connectivity index (χ1n) is 13.1. The Bertz CT molecular complexity index is 1180. The number of hydrogen-bond acceptors (Lipinski definition) is 1. The molecule has 0 atom stereocenters. The van der Waals surface area contributed by atoms with E-state index in [0.29, 0.717) is 0 Å². The van der Waals surface area contributed by atoms with Crippen LogP contribution in [0.15, 0.2) is 101 Å². The van der Waals surface area contributed by atoms with E-state index in [4.69, 9.17) is 4.99 Å². The molecule has 0 radical (unpaired) electrons. The molecular weight excluding hydrogens is 422 g/mol. The van der Waals surface area contributed by atoms with Gasteiger partial charge in [-0.05, 0) is 113 Å². The molecule has 0 fully saturated rings. The highest BCUT2D eigenvalue weighted by molar-refractivity contribution is 6.01. The summed E-state index contributed by atoms with van der Waals surface area (Å²) in [6, 6.07) is 17.7. The molecule has 0 saturated carbocycles. The lowest BCUT2D eigenvalue weighted by molar-refractivity contribution is 0.828. The van der Waals surface area contributed by atoms with Crippen molar-refractivity contribution in [3.8, 4) is 0 Å². The standard InChI is InChI=1S/C34H41N/c1-6-9-10-11-20-33(35-27(5)28(8-3)16-7-2)25-32-19-13-12-18-31(32)24-30-23-22-29-17-14-15-21-34(29)26(30)4/h6-9,12-19,21,25H,10-11,20,22-24H2,1-5H3/b9-6-,16-7-,28-8+,33-25-,35-27+. The van der Waals surface area contributed by atoms with Crippen molar-refractivity contribution in [3.63, 3.8) is 0 Å². The zero-order chi connectivity index (χ0) is 25.0. The molecule has 1 aliphatic rings. The average molecular weight is 464 g/mol. The Morgan fingerprint density at radius 2 is 1.71 bits per heavy atom. The molecule has 1 aliphatic carbocycles. The molecule has 0 N–H and O–H groups in total. The largest absolute Gasteiger partial charge is 0.258 e. The van der Waals surface area contributed by atoms with Gasteiger partial charge in [0.2, 0.25) is 0 Å². The van der Waals surface area contributed by atoms with Crippen LogP contribution in [0.4, 0.5) is 0 Å². The van der Waals surface area contributed by atoms with Crippen molar-refractivity contribution in [3.05, 3.63) is 118 Å². The van der Waals surface area contributed by atoms with Crippen LogP contribution in [0.1, 0.15) is 82.6 Å². The molecule has 0 saturated heterocycles. The van der Waals surface area contributed by atoms with Gasteiger partial charge >= 0.3 is 0 Å². The normalized spacial score (nSPS) is 15.4. The van der Waals surface area contributed by atoms with Crippen LogP contribution in [0.5, 0.6) is 0 Å². The maximum absolute atomic E-state index is 5.11. The predicted molar refractivity (Wildman–Crippen MR) is 156 cm³/mol. The van der Waals surface area contributed by atoms with Crippen LogP contribution in [0, 0.1) is 0 Å². The van der Waals surface area contributed by atoms with Gasteiger partial charge in [-0.3, -0.25) is 4.99 Å². The van der Waals surface area contributed by atoms with Crippen LogP contribution in [0.25, 0.3) is 11.6 Å². The number of nitrogens with zero attached hydrogens (tertiary/aromatic N) is 1. The molecule has 1 nitrogen and oxygen atoms in total. The molecule has 3 rings (SSSR count). The lowest BCUT2D eigenvalue weighted by Gasteiger charge is -2.22. The zero-order valence-corrected chi connectivity index (χ0v) is 22.3. The number of aliphatic imine (C=N–C) groups is 1. The number of benzene rings is 2. The highest BCUT2D eigenvalue weighted by Gasteiger charge is 2.16. The van der Waals surface area contributed by atoms with Gasteiger partial charge in [-0.15, -0.1) is 0 Å². The SMILES string of the molecule is C/C=C\CCCC(=C/c1ccccc1CC1=C(C)c2ccccc2CC1)/N=C(C)/C(/C=C\C)=C/C. The predicted octanol–water partition coefficient (Wildman–Crippen LogP) is 9.72. The Hall–Kier alpha value is -3.19. The molecule has 0 unspecified atom stereocenters. The molecule has 0 bridgehead atoms. The topological polar surface area (TPSA) is 12.4 Å². The second-order valence-electron chi connectivity index (χ2n) is 9.30. The maximum Gasteiger partial charge on any atom is 0.0444 e. The summed E-state index contributed by atoms with van der Waals surface area (Å²) in [5.74, 6) is 0. The fourth-order valence-electron chi connectivity index (χ4n) is 4.85. The van der Waals surface area contributed by atoms with Crippen LogP contribution in [0.2, 0.25) is 0 Å². The molecule has 0 amide bonds. The average Bonchev–Trinajstić information content (AvgIpc) is 2.87. The van der Waals surface area contributed by atoms with E-state index in [2.05, 4.69) is 120 Å². The fraction of sp³-hybridized carbons (Fsp3) is 0.324. The lowest BCUT2D eigenvalue weighted by atomic mass is 9.83. The minimum Gasteiger partial charge on any atom is -0.258 e. The first kappa shape index (κ1) is 26.4. The summed E-state index contributed by atoms with van der Waals surface area (Å²) in [6.45, 7) is 10.6. The molecule has 0 aliphatic heterocycles. The highest BCUT2D eigenvalue weighted by Crippen LogP contribution is 2.33. The highest BCUT2D eigenvalue weighted by atomic mass is 14.8. The molecular formula is C34H41N. The second-order valence-corrected chi connectivity index (χ2v) is 9.30. The van der Waals surface area contributed by atoms with Crippen molar-refractivity contribution >= 4 is 17.4 Å². The summed E-state index contributed by atoms with van der Waals surface area (Å²) in [4.78, 5) is 5.11. The Balaban J connectivity index is 1.95. The summed E-state index contributed by atoms with van der Waals surface area (Å²) in [7, 11) is 0. The van der Waals surface area contributed by atoms with Crippen molar-refractivity contribution < 1.29 is 0 Å². The zero-order valence-electron chi connectivity index (χ0n) is 22.3. The third-order valence-corrected chi connectivity index (χ3v) is 6.85. The van der Waals surface area contributed by atoms with Crippen molar-refractivity contribution in [2.45, 2.75) is 73.1 Å². The molecule has 0 aromatic heterocycles. The number of allylic oxidation sites excluding steroid dienone is 9. The van der Waals surface area contributed by atoms with E-state index in [-0.39, 0.29) is 0 Å². The van der Waals surface area contributed by atoms with Gasteiger partial charge in [0.1, 0.15) is 0 Å². The Morgan fingerprint density at radius 1 is 0.943 bits per heavy atom. The first-order valence-corrected chi connectivity index (χ1v) is 13.1. The van der Waals surface area contributed by atoms with Gasteiger partial charge in [-0.2, -0.15) is 0 Å². The van der Waals surface area contributed by atoms with Crippen LogP contribution in [-0.2, 0) is 12.8 Å². The smallest absolute Gasteiger partial charge is 0.0444 e. The molecule has 0 heterocycles. The number of unbranched alkanes of at least 4 members (excludes halogenated alkanes) is 1. The van der Waals surface area contributed by atoms with Crippen molar-refractivity contribution in [2.24, 2.45) is 4.99 Å². The van der Waals surface area contributed by atoms with E-state index >= 15 is 0 Å². The molecule has 1 heteroatoms. The molecule has 0 spiro atoms. The summed E-state index contributed by atoms with van der Waals surface area (Å²) < 4.78 is 0. The minimum atomic E-state index is 0.970. The van der Waals surface area contributed by atoms with Gasteiger partial charge < -0.3 is 0 Å². The lowest BCUT2D eigenvalue weighted by Crippen LogP contribution is -2.06. The van der Waals surface area contributed by atoms with Gasteiger partial charge in [-0.1, -0.05) is 84.5 Å². The van der Waals surface area contributed by atoms with Gasteiger partial charge in [-0.25, -0.2) is 0 Å². The van der Waals surface area contributed by atoms with Gasteiger partial charge in [0.15, 0.2) is 0 Å². The number of rotatable bonds is 10. The second kappa shape index (κ2) is 13.6. The Labute approximate surface area is 213 Å². The number of hydrogen-bond donors (Lipinski definition) is 0. The van der Waals surface area contributed by atoms with Gasteiger partial charge in [0.05, 0.1) is 0 Å². The van der Waals surface area contributed by atoms with E-state index < -0.39 is 0 Å². The van der Waals surface area contributed by atoms with E-state index in [9.17, 15) is 0 Å². The first-order chi connectivity index (χ1) is 17.1. The summed E-state index contributed by atoms with van der Waals surface area (Å²) in [6.07, 6.45) is 19.5. The van der Waals surface area contributed by atoms with E-state index in [1.165, 1.54) is 33.4 Å². The third kappa shape index (κ3) is 7.39. The van der Waals surface area contributed by atoms with Crippen molar-refractivity contribution in [1.29, 1.82) is 0 Å². The Kier molecular flexibility index (Phi) is 10.3. The maximum atomic E-state index is 5.11. The monoisotopic (exact) mass is 463 g/mol. The Morgan fingerprint density at radius 3 is 2.49 bits per heavy atom. The fourth-order valence-corrected chi connectivity index (χ4v) is 4.85. The van der Waals surface area contributed by atoms with Gasteiger partial charge in [0.25, 0.3) is 0 Å². The molecule has 35 heavy (non-hydrogen) atoms. The van der Waals surface area contributed by atoms with Crippen LogP contribution in [0.3, 0.4) is 0 Å². The summed E-state index contributed by atoms with van der Waals surface area (Å²) in [5, 5.41) is 0.